The van der Waals surface area contributed by atoms with Gasteiger partial charge >= 0.3 is 5.69 Å². The molecule has 0 bridgehead atoms. The van der Waals surface area contributed by atoms with Crippen LogP contribution in [0.25, 0.3) is 0 Å². The number of hydrogen-bond acceptors (Lipinski definition) is 4. The number of nitro groups is 1. The first-order valence-corrected chi connectivity index (χ1v) is 5.38. The summed E-state index contributed by atoms with van der Waals surface area (Å²) >= 11 is 0. The molecule has 0 spiro atoms. The lowest BCUT2D eigenvalue weighted by Crippen LogP contribution is -2.08. The first-order chi connectivity index (χ1) is 7.99. The van der Waals surface area contributed by atoms with Crippen molar-refractivity contribution in [1.82, 2.24) is 0 Å². The average molecular weight is 235 g/mol. The standard InChI is InChI=1S/C12H13NO4/c1-6-7(2)12(14)10-8(6)4-5-9(17-3)11(10)13(15)16/h4-7H,1-3H3. The Morgan fingerprint density at radius 2 is 1.94 bits per heavy atom. The lowest BCUT2D eigenvalue weighted by molar-refractivity contribution is -0.386. The van der Waals surface area contributed by atoms with Crippen LogP contribution in [0.15, 0.2) is 12.1 Å². The molecule has 0 aliphatic heterocycles. The monoisotopic (exact) mass is 235 g/mol. The quantitative estimate of drug-likeness (QED) is 0.583. The molecule has 1 aromatic carbocycles. The van der Waals surface area contributed by atoms with Gasteiger partial charge in [-0.25, -0.2) is 0 Å². The van der Waals surface area contributed by atoms with Crippen molar-refractivity contribution in [1.29, 1.82) is 0 Å². The van der Waals surface area contributed by atoms with Gasteiger partial charge in [-0.3, -0.25) is 14.9 Å². The Morgan fingerprint density at radius 3 is 2.47 bits per heavy atom. The number of carbonyl (C=O) groups excluding carboxylic acids is 1. The normalized spacial score (nSPS) is 22.4. The summed E-state index contributed by atoms with van der Waals surface area (Å²) < 4.78 is 4.96. The fourth-order valence-corrected chi connectivity index (χ4v) is 2.30. The lowest BCUT2D eigenvalue weighted by Gasteiger charge is -2.08. The maximum absolute atomic E-state index is 12.0. The van der Waals surface area contributed by atoms with Gasteiger partial charge < -0.3 is 4.74 Å². The molecule has 0 amide bonds. The number of rotatable bonds is 2. The van der Waals surface area contributed by atoms with E-state index < -0.39 is 4.92 Å². The summed E-state index contributed by atoms with van der Waals surface area (Å²) in [6, 6.07) is 3.30. The van der Waals surface area contributed by atoms with E-state index in [1.165, 1.54) is 7.11 Å². The van der Waals surface area contributed by atoms with E-state index in [-0.39, 0.29) is 34.6 Å². The molecule has 2 unspecified atom stereocenters. The number of Topliss-reactive ketones (excluding diaryl/α,β-unsaturated/α-hetero) is 1. The van der Waals surface area contributed by atoms with E-state index in [2.05, 4.69) is 0 Å². The molecule has 90 valence electrons. The molecule has 2 rings (SSSR count). The van der Waals surface area contributed by atoms with Gasteiger partial charge in [0, 0.05) is 5.92 Å². The number of nitrogens with zero attached hydrogens (tertiary/aromatic N) is 1. The molecule has 1 aliphatic carbocycles. The second-order valence-electron chi connectivity index (χ2n) is 4.28. The third-order valence-corrected chi connectivity index (χ3v) is 3.48. The van der Waals surface area contributed by atoms with E-state index in [1.54, 1.807) is 19.1 Å². The highest BCUT2D eigenvalue weighted by molar-refractivity contribution is 6.07. The summed E-state index contributed by atoms with van der Waals surface area (Å²) in [6.07, 6.45) is 0. The number of nitro benzene ring substituents is 1. The molecule has 0 radical (unpaired) electrons. The number of fused-ring (bicyclic) bond motifs is 1. The molecular weight excluding hydrogens is 222 g/mol. The van der Waals surface area contributed by atoms with E-state index in [1.807, 2.05) is 6.92 Å². The van der Waals surface area contributed by atoms with Crippen molar-refractivity contribution in [2.45, 2.75) is 19.8 Å². The van der Waals surface area contributed by atoms with Crippen LogP contribution in [-0.4, -0.2) is 17.8 Å². The van der Waals surface area contributed by atoms with Crippen molar-refractivity contribution < 1.29 is 14.5 Å². The van der Waals surface area contributed by atoms with Crippen LogP contribution >= 0.6 is 0 Å². The van der Waals surface area contributed by atoms with Crippen molar-refractivity contribution >= 4 is 11.5 Å². The van der Waals surface area contributed by atoms with Gasteiger partial charge in [-0.1, -0.05) is 19.9 Å². The number of hydrogen-bond donors (Lipinski definition) is 0. The fourth-order valence-electron chi connectivity index (χ4n) is 2.30. The average Bonchev–Trinajstić information content (AvgIpc) is 2.53. The third kappa shape index (κ3) is 1.50. The number of methoxy groups -OCH3 is 1. The SMILES string of the molecule is COc1ccc2c(c1[N+](=O)[O-])C(=O)C(C)C2C. The van der Waals surface area contributed by atoms with Gasteiger partial charge in [-0.2, -0.15) is 0 Å². The van der Waals surface area contributed by atoms with Gasteiger partial charge in [0.05, 0.1) is 12.0 Å². The van der Waals surface area contributed by atoms with Crippen LogP contribution in [0.3, 0.4) is 0 Å². The van der Waals surface area contributed by atoms with Crippen LogP contribution in [0, 0.1) is 16.0 Å². The number of ether oxygens (including phenoxy) is 1. The maximum atomic E-state index is 12.0. The van der Waals surface area contributed by atoms with Gasteiger partial charge in [-0.15, -0.1) is 0 Å². The Balaban J connectivity index is 2.75. The Kier molecular flexibility index (Phi) is 2.61. The molecule has 0 saturated carbocycles. The second-order valence-corrected chi connectivity index (χ2v) is 4.28. The molecule has 17 heavy (non-hydrogen) atoms. The molecule has 2 atom stereocenters. The molecule has 0 N–H and O–H groups in total. The lowest BCUT2D eigenvalue weighted by atomic mass is 9.96. The Labute approximate surface area is 98.5 Å². The Morgan fingerprint density at radius 1 is 1.29 bits per heavy atom. The summed E-state index contributed by atoms with van der Waals surface area (Å²) in [5.41, 5.74) is 0.760. The molecule has 1 aliphatic rings. The summed E-state index contributed by atoms with van der Waals surface area (Å²) in [4.78, 5) is 22.6. The van der Waals surface area contributed by atoms with Crippen molar-refractivity contribution in [2.24, 2.45) is 5.92 Å². The number of ketones is 1. The van der Waals surface area contributed by atoms with Crippen LogP contribution in [0.2, 0.25) is 0 Å². The van der Waals surface area contributed by atoms with E-state index in [0.717, 1.165) is 5.56 Å². The number of benzene rings is 1. The predicted molar refractivity (Wildman–Crippen MR) is 61.6 cm³/mol. The number of carbonyl (C=O) groups is 1. The molecule has 0 saturated heterocycles. The minimum atomic E-state index is -0.541. The van der Waals surface area contributed by atoms with Crippen molar-refractivity contribution in [3.63, 3.8) is 0 Å². The van der Waals surface area contributed by atoms with E-state index in [9.17, 15) is 14.9 Å². The zero-order valence-corrected chi connectivity index (χ0v) is 9.89. The Hall–Kier alpha value is -1.91. The summed E-state index contributed by atoms with van der Waals surface area (Å²) in [5.74, 6) is -0.223. The minimum absolute atomic E-state index is 0.0158. The highest BCUT2D eigenvalue weighted by Gasteiger charge is 2.40. The van der Waals surface area contributed by atoms with Gasteiger partial charge in [0.25, 0.3) is 0 Å². The van der Waals surface area contributed by atoms with Gasteiger partial charge in [0.2, 0.25) is 0 Å². The molecular formula is C12H13NO4. The van der Waals surface area contributed by atoms with Crippen LogP contribution in [0.4, 0.5) is 5.69 Å². The second kappa shape index (κ2) is 3.84. The first kappa shape index (κ1) is 11.6. The van der Waals surface area contributed by atoms with Gasteiger partial charge in [0.1, 0.15) is 5.56 Å². The van der Waals surface area contributed by atoms with Gasteiger partial charge in [0.15, 0.2) is 11.5 Å². The maximum Gasteiger partial charge on any atom is 0.321 e. The Bertz CT molecular complexity index is 509. The fraction of sp³-hybridized carbons (Fsp3) is 0.417. The van der Waals surface area contributed by atoms with Crippen LogP contribution in [0.5, 0.6) is 5.75 Å². The molecule has 5 nitrogen and oxygen atoms in total. The minimum Gasteiger partial charge on any atom is -0.490 e. The molecule has 0 aromatic heterocycles. The first-order valence-electron chi connectivity index (χ1n) is 5.38. The van der Waals surface area contributed by atoms with Crippen molar-refractivity contribution in [2.75, 3.05) is 7.11 Å². The summed E-state index contributed by atoms with van der Waals surface area (Å²) in [5, 5.41) is 11.1. The van der Waals surface area contributed by atoms with E-state index >= 15 is 0 Å². The molecule has 5 heteroatoms. The van der Waals surface area contributed by atoms with E-state index in [4.69, 9.17) is 4.74 Å². The van der Waals surface area contributed by atoms with E-state index in [0.29, 0.717) is 0 Å². The zero-order chi connectivity index (χ0) is 12.7. The third-order valence-electron chi connectivity index (χ3n) is 3.48. The highest BCUT2D eigenvalue weighted by atomic mass is 16.6. The largest absolute Gasteiger partial charge is 0.490 e. The summed E-state index contributed by atoms with van der Waals surface area (Å²) in [7, 11) is 1.36. The van der Waals surface area contributed by atoms with Crippen LogP contribution < -0.4 is 4.74 Å². The highest BCUT2D eigenvalue weighted by Crippen LogP contribution is 2.45. The van der Waals surface area contributed by atoms with Crippen LogP contribution in [-0.2, 0) is 0 Å². The van der Waals surface area contributed by atoms with Crippen LogP contribution in [0.1, 0.15) is 35.7 Å². The predicted octanol–water partition coefficient (Wildman–Crippen LogP) is 2.54. The topological polar surface area (TPSA) is 69.4 Å². The smallest absolute Gasteiger partial charge is 0.321 e. The summed E-state index contributed by atoms with van der Waals surface area (Å²) in [6.45, 7) is 3.70. The van der Waals surface area contributed by atoms with Crippen molar-refractivity contribution in [3.05, 3.63) is 33.4 Å². The van der Waals surface area contributed by atoms with Crippen molar-refractivity contribution in [3.8, 4) is 5.75 Å². The molecule has 1 aromatic rings. The molecule has 0 fully saturated rings. The van der Waals surface area contributed by atoms with Gasteiger partial charge in [-0.05, 0) is 17.5 Å². The molecule has 0 heterocycles. The zero-order valence-electron chi connectivity index (χ0n) is 9.89.